The molecule has 0 radical (unpaired) electrons. The summed E-state index contributed by atoms with van der Waals surface area (Å²) in [6.45, 7) is 5.88. The molecule has 2 fully saturated rings. The summed E-state index contributed by atoms with van der Waals surface area (Å²) < 4.78 is 5.61. The summed E-state index contributed by atoms with van der Waals surface area (Å²) in [5, 5.41) is 2.87. The van der Waals surface area contributed by atoms with E-state index in [2.05, 4.69) is 5.32 Å². The number of anilines is 1. The Balaban J connectivity index is 1.45. The van der Waals surface area contributed by atoms with Crippen molar-refractivity contribution in [1.82, 2.24) is 9.80 Å². The summed E-state index contributed by atoms with van der Waals surface area (Å²) in [7, 11) is 0. The summed E-state index contributed by atoms with van der Waals surface area (Å²) in [6.07, 6.45) is 1.90. The van der Waals surface area contributed by atoms with Crippen LogP contribution in [-0.4, -0.2) is 60.3 Å². The first-order chi connectivity index (χ1) is 12.9. The second-order valence-corrected chi connectivity index (χ2v) is 7.44. The zero-order valence-corrected chi connectivity index (χ0v) is 15.9. The van der Waals surface area contributed by atoms with Gasteiger partial charge in [-0.2, -0.15) is 0 Å². The molecule has 0 atom stereocenters. The van der Waals surface area contributed by atoms with Crippen molar-refractivity contribution >= 4 is 23.4 Å². The molecule has 1 aromatic rings. The van der Waals surface area contributed by atoms with Crippen molar-refractivity contribution in [3.05, 3.63) is 24.3 Å². The van der Waals surface area contributed by atoms with Crippen LogP contribution in [0.4, 0.5) is 5.69 Å². The van der Waals surface area contributed by atoms with Crippen molar-refractivity contribution < 1.29 is 19.1 Å². The second kappa shape index (κ2) is 8.41. The fourth-order valence-electron chi connectivity index (χ4n) is 3.03. The first-order valence-electron chi connectivity index (χ1n) is 9.54. The zero-order chi connectivity index (χ0) is 19.4. The van der Waals surface area contributed by atoms with Crippen molar-refractivity contribution in [2.75, 3.05) is 38.1 Å². The Morgan fingerprint density at radius 3 is 2.41 bits per heavy atom. The van der Waals surface area contributed by atoms with Gasteiger partial charge in [-0.25, -0.2) is 0 Å². The molecule has 0 unspecified atom stereocenters. The third-order valence-electron chi connectivity index (χ3n) is 4.85. The maximum Gasteiger partial charge on any atom is 0.260 e. The van der Waals surface area contributed by atoms with E-state index in [0.717, 1.165) is 12.8 Å². The molecule has 1 aliphatic heterocycles. The molecule has 1 aliphatic carbocycles. The van der Waals surface area contributed by atoms with E-state index in [4.69, 9.17) is 4.74 Å². The Labute approximate surface area is 159 Å². The number of rotatable bonds is 6. The van der Waals surface area contributed by atoms with Crippen molar-refractivity contribution in [3.8, 4) is 5.75 Å². The lowest BCUT2D eigenvalue weighted by atomic mass is 10.1. The summed E-state index contributed by atoms with van der Waals surface area (Å²) in [5.74, 6) is 0.728. The van der Waals surface area contributed by atoms with Crippen LogP contribution in [-0.2, 0) is 14.4 Å². The van der Waals surface area contributed by atoms with Crippen LogP contribution in [0.5, 0.6) is 5.75 Å². The number of hydrogen-bond donors (Lipinski definition) is 1. The van der Waals surface area contributed by atoms with E-state index < -0.39 is 0 Å². The number of benzene rings is 1. The molecule has 27 heavy (non-hydrogen) atoms. The molecular weight excluding hydrogens is 346 g/mol. The van der Waals surface area contributed by atoms with E-state index in [-0.39, 0.29) is 36.2 Å². The lowest BCUT2D eigenvalue weighted by Gasteiger charge is -2.35. The molecule has 1 heterocycles. The van der Waals surface area contributed by atoms with Crippen molar-refractivity contribution in [1.29, 1.82) is 0 Å². The topological polar surface area (TPSA) is 79.0 Å². The summed E-state index contributed by atoms with van der Waals surface area (Å²) in [6, 6.07) is 7.09. The number of piperazine rings is 1. The lowest BCUT2D eigenvalue weighted by Crippen LogP contribution is -2.52. The Kier molecular flexibility index (Phi) is 5.98. The lowest BCUT2D eigenvalue weighted by molar-refractivity contribution is -0.142. The van der Waals surface area contributed by atoms with E-state index >= 15 is 0 Å². The van der Waals surface area contributed by atoms with E-state index in [9.17, 15) is 14.4 Å². The van der Waals surface area contributed by atoms with Crippen molar-refractivity contribution in [2.24, 2.45) is 11.8 Å². The number of carbonyl (C=O) groups is 3. The van der Waals surface area contributed by atoms with Crippen molar-refractivity contribution in [3.63, 3.8) is 0 Å². The number of carbonyl (C=O) groups excluding carboxylic acids is 3. The molecule has 0 spiro atoms. The molecule has 1 aromatic carbocycles. The number of hydrogen-bond acceptors (Lipinski definition) is 4. The Bertz CT molecular complexity index is 707. The van der Waals surface area contributed by atoms with Crippen LogP contribution in [0.15, 0.2) is 24.3 Å². The first kappa shape index (κ1) is 19.2. The van der Waals surface area contributed by atoms with Crippen LogP contribution in [0.3, 0.4) is 0 Å². The second-order valence-electron chi connectivity index (χ2n) is 7.44. The van der Waals surface area contributed by atoms with E-state index in [1.54, 1.807) is 34.1 Å². The van der Waals surface area contributed by atoms with Gasteiger partial charge in [-0.3, -0.25) is 14.4 Å². The Morgan fingerprint density at radius 1 is 1.11 bits per heavy atom. The highest BCUT2D eigenvalue weighted by atomic mass is 16.5. The highest BCUT2D eigenvalue weighted by Gasteiger charge is 2.29. The fraction of sp³-hybridized carbons (Fsp3) is 0.550. The van der Waals surface area contributed by atoms with Crippen LogP contribution in [0, 0.1) is 11.8 Å². The quantitative estimate of drug-likeness (QED) is 0.824. The average molecular weight is 373 g/mol. The monoisotopic (exact) mass is 373 g/mol. The van der Waals surface area contributed by atoms with Crippen LogP contribution < -0.4 is 10.1 Å². The van der Waals surface area contributed by atoms with Gasteiger partial charge in [-0.05, 0) is 25.0 Å². The van der Waals surface area contributed by atoms with E-state index in [1.165, 1.54) is 0 Å². The maximum atomic E-state index is 12.4. The minimum absolute atomic E-state index is 0.0248. The van der Waals surface area contributed by atoms with E-state index in [1.807, 2.05) is 13.8 Å². The van der Waals surface area contributed by atoms with Gasteiger partial charge in [0.15, 0.2) is 6.61 Å². The molecule has 146 valence electrons. The van der Waals surface area contributed by atoms with Gasteiger partial charge in [0.1, 0.15) is 5.75 Å². The number of nitrogens with zero attached hydrogens (tertiary/aromatic N) is 2. The van der Waals surface area contributed by atoms with Gasteiger partial charge in [0.2, 0.25) is 11.8 Å². The largest absolute Gasteiger partial charge is 0.484 e. The van der Waals surface area contributed by atoms with Gasteiger partial charge < -0.3 is 19.9 Å². The average Bonchev–Trinajstić information content (AvgIpc) is 3.51. The predicted octanol–water partition coefficient (Wildman–Crippen LogP) is 1.74. The molecular formula is C20H27N3O4. The first-order valence-corrected chi connectivity index (χ1v) is 9.54. The Hall–Kier alpha value is -2.57. The zero-order valence-electron chi connectivity index (χ0n) is 15.9. The van der Waals surface area contributed by atoms with Crippen LogP contribution in [0.25, 0.3) is 0 Å². The molecule has 2 aliphatic rings. The smallest absolute Gasteiger partial charge is 0.260 e. The van der Waals surface area contributed by atoms with Gasteiger partial charge in [0.05, 0.1) is 0 Å². The normalized spacial score (nSPS) is 17.0. The molecule has 1 saturated heterocycles. The van der Waals surface area contributed by atoms with E-state index in [0.29, 0.717) is 37.6 Å². The minimum Gasteiger partial charge on any atom is -0.484 e. The number of ether oxygens (including phenoxy) is 1. The summed E-state index contributed by atoms with van der Waals surface area (Å²) in [5.41, 5.74) is 0.678. The molecule has 7 nitrogen and oxygen atoms in total. The van der Waals surface area contributed by atoms with Gasteiger partial charge in [-0.15, -0.1) is 0 Å². The summed E-state index contributed by atoms with van der Waals surface area (Å²) >= 11 is 0. The fourth-order valence-corrected chi connectivity index (χ4v) is 3.03. The highest BCUT2D eigenvalue weighted by molar-refractivity contribution is 5.94. The standard InChI is InChI=1S/C20H27N3O4/c1-14(2)20(26)23-10-8-22(9-11-23)18(24)13-27-17-5-3-4-16(12-17)21-19(25)15-6-7-15/h3-5,12,14-15H,6-11,13H2,1-2H3,(H,21,25). The number of amides is 3. The molecule has 1 N–H and O–H groups in total. The van der Waals surface area contributed by atoms with Gasteiger partial charge in [0.25, 0.3) is 5.91 Å². The van der Waals surface area contributed by atoms with Gasteiger partial charge in [0, 0.05) is 49.8 Å². The van der Waals surface area contributed by atoms with Crippen molar-refractivity contribution in [2.45, 2.75) is 26.7 Å². The molecule has 0 bridgehead atoms. The van der Waals surface area contributed by atoms with Gasteiger partial charge in [-0.1, -0.05) is 19.9 Å². The summed E-state index contributed by atoms with van der Waals surface area (Å²) in [4.78, 5) is 39.7. The number of nitrogens with one attached hydrogen (secondary N) is 1. The molecule has 3 rings (SSSR count). The van der Waals surface area contributed by atoms with Crippen LogP contribution in [0.2, 0.25) is 0 Å². The van der Waals surface area contributed by atoms with Crippen LogP contribution >= 0.6 is 0 Å². The third-order valence-corrected chi connectivity index (χ3v) is 4.85. The molecule has 1 saturated carbocycles. The Morgan fingerprint density at radius 2 is 1.78 bits per heavy atom. The minimum atomic E-state index is -0.0981. The maximum absolute atomic E-state index is 12.4. The SMILES string of the molecule is CC(C)C(=O)N1CCN(C(=O)COc2cccc(NC(=O)C3CC3)c2)CC1. The molecule has 7 heteroatoms. The molecule has 3 amide bonds. The predicted molar refractivity (Wildman–Crippen MR) is 101 cm³/mol. The van der Waals surface area contributed by atoms with Gasteiger partial charge >= 0.3 is 0 Å². The van der Waals surface area contributed by atoms with Crippen LogP contribution in [0.1, 0.15) is 26.7 Å². The third kappa shape index (κ3) is 5.21. The molecule has 0 aromatic heterocycles. The highest BCUT2D eigenvalue weighted by Crippen LogP contribution is 2.30.